The largest absolute Gasteiger partial charge is 0.379 e. The average molecular weight is 281 g/mol. The van der Waals surface area contributed by atoms with Gasteiger partial charge in [0, 0.05) is 38.5 Å². The summed E-state index contributed by atoms with van der Waals surface area (Å²) in [5, 5.41) is 3.69. The molecule has 1 aromatic rings. The van der Waals surface area contributed by atoms with Gasteiger partial charge in [-0.1, -0.05) is 0 Å². The van der Waals surface area contributed by atoms with Gasteiger partial charge in [0.1, 0.15) is 5.03 Å². The van der Waals surface area contributed by atoms with E-state index in [4.69, 9.17) is 4.74 Å². The summed E-state index contributed by atoms with van der Waals surface area (Å²) in [6.07, 6.45) is 1.75. The van der Waals surface area contributed by atoms with Crippen molar-refractivity contribution in [2.24, 2.45) is 0 Å². The highest BCUT2D eigenvalue weighted by Crippen LogP contribution is 2.24. The van der Waals surface area contributed by atoms with Gasteiger partial charge >= 0.3 is 0 Å². The summed E-state index contributed by atoms with van der Waals surface area (Å²) < 4.78 is 5.32. The molecule has 1 amide bonds. The van der Waals surface area contributed by atoms with Crippen LogP contribution in [-0.4, -0.2) is 54.4 Å². The number of carbonyl (C=O) groups is 1. The van der Waals surface area contributed by atoms with Gasteiger partial charge in [-0.05, 0) is 12.1 Å². The van der Waals surface area contributed by atoms with Gasteiger partial charge in [-0.3, -0.25) is 9.69 Å². The molecule has 19 heavy (non-hydrogen) atoms. The van der Waals surface area contributed by atoms with Crippen LogP contribution in [0.3, 0.4) is 0 Å². The fraction of sp³-hybridized carbons (Fsp3) is 0.538. The van der Waals surface area contributed by atoms with Gasteiger partial charge in [0.15, 0.2) is 0 Å². The molecule has 6 heteroatoms. The molecule has 0 unspecified atom stereocenters. The molecule has 0 bridgehead atoms. The van der Waals surface area contributed by atoms with Crippen LogP contribution in [0.5, 0.6) is 0 Å². The average Bonchev–Trinajstić information content (AvgIpc) is 2.41. The van der Waals surface area contributed by atoms with Crippen LogP contribution in [0.2, 0.25) is 0 Å². The van der Waals surface area contributed by atoms with Gasteiger partial charge < -0.3 is 10.1 Å². The van der Waals surface area contributed by atoms with Gasteiger partial charge in [0.2, 0.25) is 5.91 Å². The molecule has 1 N–H and O–H groups in total. The van der Waals surface area contributed by atoms with E-state index in [9.17, 15) is 4.79 Å². The maximum atomic E-state index is 11.1. The number of hydrogen-bond donors (Lipinski definition) is 1. The van der Waals surface area contributed by atoms with E-state index in [2.05, 4.69) is 15.2 Å². The van der Waals surface area contributed by atoms with Crippen LogP contribution >= 0.6 is 11.8 Å². The molecule has 104 valence electrons. The van der Waals surface area contributed by atoms with E-state index in [-0.39, 0.29) is 5.91 Å². The summed E-state index contributed by atoms with van der Waals surface area (Å²) in [4.78, 5) is 17.8. The number of pyridine rings is 1. The Kier molecular flexibility index (Phi) is 5.62. The molecule has 0 spiro atoms. The molecule has 1 aliphatic heterocycles. The highest BCUT2D eigenvalue weighted by atomic mass is 32.2. The van der Waals surface area contributed by atoms with E-state index in [0.717, 1.165) is 49.3 Å². The van der Waals surface area contributed by atoms with Crippen molar-refractivity contribution in [3.8, 4) is 0 Å². The van der Waals surface area contributed by atoms with E-state index < -0.39 is 0 Å². The zero-order chi connectivity index (χ0) is 13.5. The van der Waals surface area contributed by atoms with Crippen molar-refractivity contribution < 1.29 is 9.53 Å². The van der Waals surface area contributed by atoms with Crippen molar-refractivity contribution in [1.29, 1.82) is 0 Å². The molecule has 1 aromatic heterocycles. The predicted octanol–water partition coefficient (Wildman–Crippen LogP) is 1.46. The Morgan fingerprint density at radius 3 is 3.05 bits per heavy atom. The minimum Gasteiger partial charge on any atom is -0.379 e. The number of aromatic nitrogens is 1. The van der Waals surface area contributed by atoms with Crippen LogP contribution in [0.25, 0.3) is 0 Å². The molecule has 5 nitrogen and oxygen atoms in total. The third-order valence-corrected chi connectivity index (χ3v) is 3.82. The summed E-state index contributed by atoms with van der Waals surface area (Å²) in [5.41, 5.74) is 0.793. The molecule has 0 saturated carbocycles. The van der Waals surface area contributed by atoms with Crippen molar-refractivity contribution in [2.45, 2.75) is 11.9 Å². The Bertz CT molecular complexity index is 422. The van der Waals surface area contributed by atoms with E-state index in [0.29, 0.717) is 0 Å². The first-order valence-corrected chi connectivity index (χ1v) is 7.40. The van der Waals surface area contributed by atoms with Crippen molar-refractivity contribution in [1.82, 2.24) is 9.88 Å². The normalized spacial score (nSPS) is 16.3. The zero-order valence-corrected chi connectivity index (χ0v) is 11.9. The second-order valence-electron chi connectivity index (χ2n) is 4.34. The maximum absolute atomic E-state index is 11.1. The number of rotatable bonds is 5. The Morgan fingerprint density at radius 2 is 2.32 bits per heavy atom. The lowest BCUT2D eigenvalue weighted by Gasteiger charge is -2.26. The topological polar surface area (TPSA) is 54.5 Å². The number of hydrogen-bond acceptors (Lipinski definition) is 5. The molecular weight excluding hydrogens is 262 g/mol. The maximum Gasteiger partial charge on any atom is 0.221 e. The Morgan fingerprint density at radius 1 is 1.53 bits per heavy atom. The number of morpholine rings is 1. The first-order valence-electron chi connectivity index (χ1n) is 6.41. The molecule has 0 aromatic carbocycles. The molecule has 0 aliphatic carbocycles. The van der Waals surface area contributed by atoms with E-state index >= 15 is 0 Å². The second-order valence-corrected chi connectivity index (χ2v) is 5.42. The standard InChI is InChI=1S/C13H19N3O2S/c1-11(17)15-12-3-2-4-14-13(12)19-10-7-16-5-8-18-9-6-16/h2-4H,5-10H2,1H3,(H,15,17). The Labute approximate surface area is 117 Å². The fourth-order valence-electron chi connectivity index (χ4n) is 1.89. The van der Waals surface area contributed by atoms with Crippen molar-refractivity contribution in [3.05, 3.63) is 18.3 Å². The lowest BCUT2D eigenvalue weighted by atomic mass is 10.4. The number of nitrogens with zero attached hydrogens (tertiary/aromatic N) is 2. The smallest absolute Gasteiger partial charge is 0.221 e. The fourth-order valence-corrected chi connectivity index (χ4v) is 2.84. The molecular formula is C13H19N3O2S. The first kappa shape index (κ1) is 14.3. The van der Waals surface area contributed by atoms with Crippen LogP contribution in [0.15, 0.2) is 23.4 Å². The van der Waals surface area contributed by atoms with E-state index in [1.54, 1.807) is 18.0 Å². The van der Waals surface area contributed by atoms with Crippen LogP contribution < -0.4 is 5.32 Å². The number of anilines is 1. The zero-order valence-electron chi connectivity index (χ0n) is 11.1. The van der Waals surface area contributed by atoms with Crippen molar-refractivity contribution >= 4 is 23.4 Å². The third-order valence-electron chi connectivity index (χ3n) is 2.83. The summed E-state index contributed by atoms with van der Waals surface area (Å²) in [6, 6.07) is 3.71. The third kappa shape index (κ3) is 4.81. The first-order chi connectivity index (χ1) is 9.25. The van der Waals surface area contributed by atoms with Crippen LogP contribution in [0, 0.1) is 0 Å². The van der Waals surface area contributed by atoms with Gasteiger partial charge in [-0.15, -0.1) is 11.8 Å². The lowest BCUT2D eigenvalue weighted by molar-refractivity contribution is -0.114. The summed E-state index contributed by atoms with van der Waals surface area (Å²) in [5.74, 6) is 0.895. The Hall–Kier alpha value is -1.11. The van der Waals surface area contributed by atoms with Crippen LogP contribution in [-0.2, 0) is 9.53 Å². The molecule has 2 heterocycles. The van der Waals surface area contributed by atoms with Crippen LogP contribution in [0.1, 0.15) is 6.92 Å². The van der Waals surface area contributed by atoms with Gasteiger partial charge in [-0.25, -0.2) is 4.98 Å². The summed E-state index contributed by atoms with van der Waals surface area (Å²) in [7, 11) is 0. The minimum absolute atomic E-state index is 0.0666. The van der Waals surface area contributed by atoms with Crippen molar-refractivity contribution in [2.75, 3.05) is 43.9 Å². The van der Waals surface area contributed by atoms with Crippen molar-refractivity contribution in [3.63, 3.8) is 0 Å². The van der Waals surface area contributed by atoms with Gasteiger partial charge in [0.25, 0.3) is 0 Å². The highest BCUT2D eigenvalue weighted by molar-refractivity contribution is 7.99. The minimum atomic E-state index is -0.0666. The number of nitrogens with one attached hydrogen (secondary N) is 1. The summed E-state index contributed by atoms with van der Waals surface area (Å²) in [6.45, 7) is 6.18. The summed E-state index contributed by atoms with van der Waals surface area (Å²) >= 11 is 1.67. The molecule has 1 fully saturated rings. The Balaban J connectivity index is 1.83. The second kappa shape index (κ2) is 7.47. The van der Waals surface area contributed by atoms with Gasteiger partial charge in [0.05, 0.1) is 18.9 Å². The number of thioether (sulfide) groups is 1. The number of amides is 1. The lowest BCUT2D eigenvalue weighted by Crippen LogP contribution is -2.37. The van der Waals surface area contributed by atoms with Gasteiger partial charge in [-0.2, -0.15) is 0 Å². The highest BCUT2D eigenvalue weighted by Gasteiger charge is 2.11. The molecule has 1 saturated heterocycles. The van der Waals surface area contributed by atoms with E-state index in [1.807, 2.05) is 12.1 Å². The monoisotopic (exact) mass is 281 g/mol. The SMILES string of the molecule is CC(=O)Nc1cccnc1SCCN1CCOCC1. The quantitative estimate of drug-likeness (QED) is 0.828. The number of carbonyl (C=O) groups excluding carboxylic acids is 1. The van der Waals surface area contributed by atoms with Crippen LogP contribution in [0.4, 0.5) is 5.69 Å². The number of ether oxygens (including phenoxy) is 1. The molecule has 2 rings (SSSR count). The molecule has 0 radical (unpaired) electrons. The molecule has 0 atom stereocenters. The predicted molar refractivity (Wildman–Crippen MR) is 76.5 cm³/mol. The van der Waals surface area contributed by atoms with E-state index in [1.165, 1.54) is 6.92 Å². The molecule has 1 aliphatic rings.